The zero-order valence-corrected chi connectivity index (χ0v) is 7.46. The summed E-state index contributed by atoms with van der Waals surface area (Å²) in [5.41, 5.74) is 2.47. The minimum absolute atomic E-state index is 1.16. The minimum atomic E-state index is 1.16. The average Bonchev–Trinajstić information content (AvgIpc) is 1.95. The van der Waals surface area contributed by atoms with Gasteiger partial charge in [0, 0.05) is 12.7 Å². The van der Waals surface area contributed by atoms with Crippen LogP contribution in [-0.4, -0.2) is 7.05 Å². The Bertz CT molecular complexity index is 233. The highest BCUT2D eigenvalue weighted by Gasteiger charge is 1.91. The third-order valence-corrected chi connectivity index (χ3v) is 2.19. The highest BCUT2D eigenvalue weighted by Crippen LogP contribution is 2.07. The topological polar surface area (TPSA) is 12.0 Å². The van der Waals surface area contributed by atoms with Gasteiger partial charge < -0.3 is 5.32 Å². The summed E-state index contributed by atoms with van der Waals surface area (Å²) in [5, 5.41) is 4.34. The highest BCUT2D eigenvalue weighted by molar-refractivity contribution is 7.27. The van der Waals surface area contributed by atoms with E-state index >= 15 is 0 Å². The zero-order chi connectivity index (χ0) is 7.56. The lowest BCUT2D eigenvalue weighted by Gasteiger charge is -2.02. The van der Waals surface area contributed by atoms with Crippen LogP contribution in [0.15, 0.2) is 18.2 Å². The Morgan fingerprint density at radius 1 is 1.40 bits per heavy atom. The van der Waals surface area contributed by atoms with Crippen molar-refractivity contribution in [3.63, 3.8) is 0 Å². The summed E-state index contributed by atoms with van der Waals surface area (Å²) < 4.78 is 0. The summed E-state index contributed by atoms with van der Waals surface area (Å²) in [6.07, 6.45) is 0. The number of benzene rings is 1. The lowest BCUT2D eigenvalue weighted by Crippen LogP contribution is -1.98. The van der Waals surface area contributed by atoms with E-state index in [2.05, 4.69) is 39.7 Å². The van der Waals surface area contributed by atoms with Crippen molar-refractivity contribution in [2.45, 2.75) is 6.92 Å². The van der Waals surface area contributed by atoms with E-state index in [0.29, 0.717) is 0 Å². The van der Waals surface area contributed by atoms with Gasteiger partial charge in [-0.3, -0.25) is 0 Å². The largest absolute Gasteiger partial charge is 0.388 e. The maximum atomic E-state index is 3.08. The first-order chi connectivity index (χ1) is 4.74. The van der Waals surface area contributed by atoms with Crippen molar-refractivity contribution in [3.8, 4) is 0 Å². The van der Waals surface area contributed by atoms with E-state index in [1.54, 1.807) is 0 Å². The summed E-state index contributed by atoms with van der Waals surface area (Å²) in [6, 6.07) is 6.29. The molecule has 1 N–H and O–H groups in total. The second kappa shape index (κ2) is 3.03. The lowest BCUT2D eigenvalue weighted by atomic mass is 10.2. The Hall–Kier alpha value is -0.550. The molecule has 0 aliphatic rings. The molecule has 0 amide bonds. The van der Waals surface area contributed by atoms with Crippen LogP contribution in [0.3, 0.4) is 0 Å². The molecule has 0 bridgehead atoms. The van der Waals surface area contributed by atoms with Crippen LogP contribution in [0.1, 0.15) is 5.56 Å². The van der Waals surface area contributed by atoms with Crippen LogP contribution in [0.5, 0.6) is 0 Å². The molecule has 0 spiro atoms. The Balaban J connectivity index is 3.04. The molecule has 0 saturated heterocycles. The molecule has 10 heavy (non-hydrogen) atoms. The quantitative estimate of drug-likeness (QED) is 0.603. The van der Waals surface area contributed by atoms with E-state index < -0.39 is 0 Å². The average molecular weight is 153 g/mol. The highest BCUT2D eigenvalue weighted by atomic mass is 31.0. The predicted molar refractivity (Wildman–Crippen MR) is 50.1 cm³/mol. The van der Waals surface area contributed by atoms with Crippen molar-refractivity contribution in [2.75, 3.05) is 12.4 Å². The van der Waals surface area contributed by atoms with E-state index in [1.807, 2.05) is 7.05 Å². The standard InChI is InChI=1S/C8H12NP/c1-6-3-4-7(9-2)5-8(6)10/h3-5,9H,10H2,1-2H3. The molecule has 54 valence electrons. The van der Waals surface area contributed by atoms with Crippen molar-refractivity contribution < 1.29 is 0 Å². The summed E-state index contributed by atoms with van der Waals surface area (Å²) in [6.45, 7) is 2.10. The number of hydrogen-bond donors (Lipinski definition) is 1. The smallest absolute Gasteiger partial charge is 0.0343 e. The van der Waals surface area contributed by atoms with Gasteiger partial charge in [-0.25, -0.2) is 0 Å². The van der Waals surface area contributed by atoms with Gasteiger partial charge in [-0.2, -0.15) is 0 Å². The Kier molecular flexibility index (Phi) is 2.29. The molecule has 1 aromatic rings. The number of hydrogen-bond acceptors (Lipinski definition) is 1. The van der Waals surface area contributed by atoms with E-state index in [-0.39, 0.29) is 0 Å². The molecule has 0 aliphatic heterocycles. The van der Waals surface area contributed by atoms with Gasteiger partial charge >= 0.3 is 0 Å². The molecule has 0 heterocycles. The van der Waals surface area contributed by atoms with Gasteiger partial charge in [-0.05, 0) is 29.9 Å². The second-order valence-corrected chi connectivity index (χ2v) is 2.94. The third kappa shape index (κ3) is 1.48. The van der Waals surface area contributed by atoms with Crippen molar-refractivity contribution >= 4 is 20.2 Å². The second-order valence-electron chi connectivity index (χ2n) is 2.32. The van der Waals surface area contributed by atoms with Gasteiger partial charge in [0.2, 0.25) is 0 Å². The van der Waals surface area contributed by atoms with E-state index in [9.17, 15) is 0 Å². The Morgan fingerprint density at radius 3 is 2.60 bits per heavy atom. The maximum absolute atomic E-state index is 3.08. The molecule has 1 unspecified atom stereocenters. The molecule has 0 radical (unpaired) electrons. The molecular formula is C8H12NP. The van der Waals surface area contributed by atoms with Crippen LogP contribution >= 0.6 is 9.24 Å². The van der Waals surface area contributed by atoms with Gasteiger partial charge in [0.05, 0.1) is 0 Å². The molecule has 0 saturated carbocycles. The molecule has 0 fully saturated rings. The summed E-state index contributed by atoms with van der Waals surface area (Å²) in [5.74, 6) is 0. The van der Waals surface area contributed by atoms with Gasteiger partial charge in [0.25, 0.3) is 0 Å². The fourth-order valence-electron chi connectivity index (χ4n) is 0.796. The third-order valence-electron chi connectivity index (χ3n) is 1.57. The summed E-state index contributed by atoms with van der Waals surface area (Å²) in [7, 11) is 4.64. The summed E-state index contributed by atoms with van der Waals surface area (Å²) >= 11 is 0. The van der Waals surface area contributed by atoms with Crippen molar-refractivity contribution in [2.24, 2.45) is 0 Å². The summed E-state index contributed by atoms with van der Waals surface area (Å²) in [4.78, 5) is 0. The van der Waals surface area contributed by atoms with Gasteiger partial charge in [0.1, 0.15) is 0 Å². The lowest BCUT2D eigenvalue weighted by molar-refractivity contribution is 1.47. The SMILES string of the molecule is CNc1ccc(C)c(P)c1. The zero-order valence-electron chi connectivity index (χ0n) is 6.31. The van der Waals surface area contributed by atoms with E-state index in [0.717, 1.165) is 5.69 Å². The molecule has 1 rings (SSSR count). The van der Waals surface area contributed by atoms with Crippen LogP contribution in [0.2, 0.25) is 0 Å². The van der Waals surface area contributed by atoms with Gasteiger partial charge in [-0.1, -0.05) is 6.07 Å². The van der Waals surface area contributed by atoms with Crippen LogP contribution < -0.4 is 10.6 Å². The van der Waals surface area contributed by atoms with Crippen LogP contribution in [0, 0.1) is 6.92 Å². The van der Waals surface area contributed by atoms with Crippen LogP contribution in [-0.2, 0) is 0 Å². The van der Waals surface area contributed by atoms with Crippen molar-refractivity contribution in [1.82, 2.24) is 0 Å². The normalized spacial score (nSPS) is 9.50. The fourth-order valence-corrected chi connectivity index (χ4v) is 1.07. The van der Waals surface area contributed by atoms with E-state index in [1.165, 1.54) is 10.9 Å². The molecule has 1 atom stereocenters. The van der Waals surface area contributed by atoms with Crippen molar-refractivity contribution in [3.05, 3.63) is 23.8 Å². The molecule has 2 heteroatoms. The minimum Gasteiger partial charge on any atom is -0.388 e. The van der Waals surface area contributed by atoms with Gasteiger partial charge in [-0.15, -0.1) is 9.24 Å². The Morgan fingerprint density at radius 2 is 2.10 bits per heavy atom. The van der Waals surface area contributed by atoms with E-state index in [4.69, 9.17) is 0 Å². The number of aryl methyl sites for hydroxylation is 1. The van der Waals surface area contributed by atoms with Crippen LogP contribution in [0.25, 0.3) is 0 Å². The molecule has 0 aliphatic carbocycles. The monoisotopic (exact) mass is 153 g/mol. The first-order valence-electron chi connectivity index (χ1n) is 3.28. The Labute approximate surface area is 64.0 Å². The number of nitrogens with one attached hydrogen (secondary N) is 1. The predicted octanol–water partition coefficient (Wildman–Crippen LogP) is 1.54. The number of anilines is 1. The fraction of sp³-hybridized carbons (Fsp3) is 0.250. The first kappa shape index (κ1) is 7.56. The maximum Gasteiger partial charge on any atom is 0.0343 e. The molecule has 1 nitrogen and oxygen atoms in total. The molecule has 0 aromatic heterocycles. The van der Waals surface area contributed by atoms with Crippen molar-refractivity contribution in [1.29, 1.82) is 0 Å². The number of rotatable bonds is 1. The van der Waals surface area contributed by atoms with Gasteiger partial charge in [0.15, 0.2) is 0 Å². The van der Waals surface area contributed by atoms with Crippen LogP contribution in [0.4, 0.5) is 5.69 Å². The molecular weight excluding hydrogens is 141 g/mol. The molecule has 1 aromatic carbocycles. The first-order valence-corrected chi connectivity index (χ1v) is 3.85.